The van der Waals surface area contributed by atoms with Crippen molar-refractivity contribution in [3.8, 4) is 0 Å². The molecule has 2 heterocycles. The maximum Gasteiger partial charge on any atom is 0.339 e. The van der Waals surface area contributed by atoms with Gasteiger partial charge < -0.3 is 19.3 Å². The lowest BCUT2D eigenvalue weighted by Gasteiger charge is -2.61. The molecule has 0 aromatic rings. The van der Waals surface area contributed by atoms with Crippen LogP contribution < -0.4 is 0 Å². The van der Waals surface area contributed by atoms with Crippen LogP contribution in [0.2, 0.25) is 0 Å². The quantitative estimate of drug-likeness (QED) is 0.692. The van der Waals surface area contributed by atoms with Crippen LogP contribution in [0.5, 0.6) is 0 Å². The van der Waals surface area contributed by atoms with E-state index >= 15 is 0 Å². The van der Waals surface area contributed by atoms with Crippen LogP contribution in [0.4, 0.5) is 0 Å². The molecule has 4 aliphatic rings. The minimum absolute atomic E-state index is 0.00757. The standard InChI is InChI=1S/C18H28O5/c1-9-11-12(23-16(4,5)22-11)13-15(2,3)8-7-10-17(13,6)18(9,20)14(19)21-10/h9-13,20H,7-8H2,1-6H3/t9-,10+,11-,12-,13+,17+,18-/m1/s1. The predicted octanol–water partition coefficient (Wildman–Crippen LogP) is 2.26. The Morgan fingerprint density at radius 2 is 1.70 bits per heavy atom. The van der Waals surface area contributed by atoms with Gasteiger partial charge in [0.25, 0.3) is 0 Å². The molecule has 0 amide bonds. The second-order valence-corrected chi connectivity index (χ2v) is 9.30. The number of aliphatic hydroxyl groups is 1. The third-order valence-electron chi connectivity index (χ3n) is 7.23. The van der Waals surface area contributed by atoms with Crippen molar-refractivity contribution in [2.45, 2.75) is 84.1 Å². The van der Waals surface area contributed by atoms with Gasteiger partial charge in [0, 0.05) is 11.8 Å². The lowest BCUT2D eigenvalue weighted by molar-refractivity contribution is -0.235. The van der Waals surface area contributed by atoms with Crippen LogP contribution in [0.3, 0.4) is 0 Å². The fraction of sp³-hybridized carbons (Fsp3) is 0.944. The molecule has 0 aromatic heterocycles. The van der Waals surface area contributed by atoms with Crippen molar-refractivity contribution in [2.75, 3.05) is 0 Å². The molecule has 0 radical (unpaired) electrons. The van der Waals surface area contributed by atoms with E-state index in [9.17, 15) is 9.90 Å². The number of esters is 1. The van der Waals surface area contributed by atoms with E-state index in [1.54, 1.807) is 0 Å². The SMILES string of the molecule is C[C@@H]1[C@H]2OC(C)(C)O[C@H]2[C@H]2C(C)(C)CC[C@@H]3OC(=O)[C@@]1(O)[C@@]32C. The van der Waals surface area contributed by atoms with Gasteiger partial charge in [0.2, 0.25) is 0 Å². The van der Waals surface area contributed by atoms with Crippen LogP contribution in [-0.4, -0.2) is 40.8 Å². The molecule has 2 saturated carbocycles. The summed E-state index contributed by atoms with van der Waals surface area (Å²) in [6, 6.07) is 0. The third kappa shape index (κ3) is 1.62. The highest BCUT2D eigenvalue weighted by Crippen LogP contribution is 2.68. The summed E-state index contributed by atoms with van der Waals surface area (Å²) in [6.07, 6.45) is 1.08. The second kappa shape index (κ2) is 4.12. The highest BCUT2D eigenvalue weighted by molar-refractivity contribution is 5.84. The largest absolute Gasteiger partial charge is 0.459 e. The summed E-state index contributed by atoms with van der Waals surface area (Å²) in [5.74, 6) is -1.52. The van der Waals surface area contributed by atoms with Crippen LogP contribution >= 0.6 is 0 Å². The number of hydrogen-bond donors (Lipinski definition) is 1. The van der Waals surface area contributed by atoms with Crippen molar-refractivity contribution in [1.29, 1.82) is 0 Å². The van der Waals surface area contributed by atoms with Crippen LogP contribution in [0.1, 0.15) is 54.4 Å². The van der Waals surface area contributed by atoms with Crippen molar-refractivity contribution in [2.24, 2.45) is 22.7 Å². The number of carbonyl (C=O) groups is 1. The van der Waals surface area contributed by atoms with Gasteiger partial charge in [-0.25, -0.2) is 4.79 Å². The molecule has 2 aliphatic heterocycles. The molecule has 0 aromatic carbocycles. The molecule has 5 heteroatoms. The van der Waals surface area contributed by atoms with Crippen molar-refractivity contribution >= 4 is 5.97 Å². The van der Waals surface area contributed by atoms with Crippen molar-refractivity contribution in [1.82, 2.24) is 0 Å². The van der Waals surface area contributed by atoms with Crippen LogP contribution in [0, 0.1) is 22.7 Å². The van der Waals surface area contributed by atoms with Crippen molar-refractivity contribution < 1.29 is 24.1 Å². The Bertz CT molecular complexity index is 570. The van der Waals surface area contributed by atoms with Gasteiger partial charge in [0.1, 0.15) is 6.10 Å². The van der Waals surface area contributed by atoms with Gasteiger partial charge in [-0.2, -0.15) is 0 Å². The first kappa shape index (κ1) is 15.9. The Morgan fingerprint density at radius 1 is 1.09 bits per heavy atom. The Hall–Kier alpha value is -0.650. The fourth-order valence-electron chi connectivity index (χ4n) is 6.23. The molecule has 4 rings (SSSR count). The van der Waals surface area contributed by atoms with E-state index < -0.39 is 22.8 Å². The van der Waals surface area contributed by atoms with E-state index in [0.29, 0.717) is 0 Å². The number of carbonyl (C=O) groups excluding carboxylic acids is 1. The third-order valence-corrected chi connectivity index (χ3v) is 7.23. The second-order valence-electron chi connectivity index (χ2n) is 9.30. The Labute approximate surface area is 137 Å². The minimum Gasteiger partial charge on any atom is -0.459 e. The zero-order valence-electron chi connectivity index (χ0n) is 14.9. The molecule has 130 valence electrons. The van der Waals surface area contributed by atoms with Crippen molar-refractivity contribution in [3.63, 3.8) is 0 Å². The van der Waals surface area contributed by atoms with E-state index in [1.165, 1.54) is 0 Å². The molecule has 23 heavy (non-hydrogen) atoms. The van der Waals surface area contributed by atoms with Gasteiger partial charge in [-0.3, -0.25) is 0 Å². The molecule has 0 bridgehead atoms. The van der Waals surface area contributed by atoms with Gasteiger partial charge in [-0.15, -0.1) is 0 Å². The molecule has 4 fully saturated rings. The summed E-state index contributed by atoms with van der Waals surface area (Å²) in [5, 5.41) is 11.6. The summed E-state index contributed by atoms with van der Waals surface area (Å²) in [5.41, 5.74) is -2.21. The number of rotatable bonds is 0. The van der Waals surface area contributed by atoms with Crippen LogP contribution in [0.25, 0.3) is 0 Å². The lowest BCUT2D eigenvalue weighted by Crippen LogP contribution is -2.72. The summed E-state index contributed by atoms with van der Waals surface area (Å²) >= 11 is 0. The number of fused-ring (bicyclic) bond motifs is 2. The molecule has 0 unspecified atom stereocenters. The first-order chi connectivity index (χ1) is 10.4. The average molecular weight is 324 g/mol. The zero-order chi connectivity index (χ0) is 17.0. The van der Waals surface area contributed by atoms with Crippen molar-refractivity contribution in [3.05, 3.63) is 0 Å². The Morgan fingerprint density at radius 3 is 2.35 bits per heavy atom. The highest BCUT2D eigenvalue weighted by Gasteiger charge is 2.79. The van der Waals surface area contributed by atoms with Gasteiger partial charge in [-0.05, 0) is 32.1 Å². The Kier molecular flexibility index (Phi) is 2.84. The minimum atomic E-state index is -1.51. The van der Waals surface area contributed by atoms with E-state index in [0.717, 1.165) is 12.8 Å². The van der Waals surface area contributed by atoms with Gasteiger partial charge in [0.15, 0.2) is 11.4 Å². The molecular formula is C18H28O5. The maximum atomic E-state index is 12.7. The Balaban J connectivity index is 1.92. The van der Waals surface area contributed by atoms with Crippen LogP contribution in [-0.2, 0) is 19.0 Å². The summed E-state index contributed by atoms with van der Waals surface area (Å²) in [7, 11) is 0. The highest BCUT2D eigenvalue weighted by atomic mass is 16.8. The summed E-state index contributed by atoms with van der Waals surface area (Å²) in [4.78, 5) is 12.7. The smallest absolute Gasteiger partial charge is 0.339 e. The summed E-state index contributed by atoms with van der Waals surface area (Å²) < 4.78 is 18.1. The number of hydrogen-bond acceptors (Lipinski definition) is 5. The first-order valence-electron chi connectivity index (χ1n) is 8.74. The lowest BCUT2D eigenvalue weighted by atomic mass is 9.43. The van der Waals surface area contributed by atoms with Crippen LogP contribution in [0.15, 0.2) is 0 Å². The van der Waals surface area contributed by atoms with E-state index in [2.05, 4.69) is 13.8 Å². The monoisotopic (exact) mass is 324 g/mol. The fourth-order valence-corrected chi connectivity index (χ4v) is 6.23. The average Bonchev–Trinajstić information content (AvgIpc) is 2.83. The molecule has 0 spiro atoms. The molecule has 1 N–H and O–H groups in total. The normalized spacial score (nSPS) is 56.0. The van der Waals surface area contributed by atoms with E-state index in [1.807, 2.05) is 27.7 Å². The maximum absolute atomic E-state index is 12.7. The van der Waals surface area contributed by atoms with Gasteiger partial charge >= 0.3 is 5.97 Å². The number of ether oxygens (including phenoxy) is 3. The van der Waals surface area contributed by atoms with E-state index in [4.69, 9.17) is 14.2 Å². The molecular weight excluding hydrogens is 296 g/mol. The predicted molar refractivity (Wildman–Crippen MR) is 82.4 cm³/mol. The topological polar surface area (TPSA) is 65.0 Å². The van der Waals surface area contributed by atoms with Gasteiger partial charge in [0.05, 0.1) is 17.6 Å². The van der Waals surface area contributed by atoms with Gasteiger partial charge in [-0.1, -0.05) is 27.7 Å². The molecule has 5 nitrogen and oxygen atoms in total. The first-order valence-corrected chi connectivity index (χ1v) is 8.74. The van der Waals surface area contributed by atoms with E-state index in [-0.39, 0.29) is 35.6 Å². The molecule has 7 atom stereocenters. The molecule has 2 saturated heterocycles. The molecule has 2 aliphatic carbocycles. The summed E-state index contributed by atoms with van der Waals surface area (Å²) in [6.45, 7) is 12.2. The zero-order valence-corrected chi connectivity index (χ0v) is 14.9.